The number of carbonyl (C=O) groups is 4. The summed E-state index contributed by atoms with van der Waals surface area (Å²) in [5.41, 5.74) is 2.14. The first-order chi connectivity index (χ1) is 14.3. The van der Waals surface area contributed by atoms with E-state index in [-0.39, 0.29) is 31.3 Å². The molecular formula is C19H18ClN5O4S. The van der Waals surface area contributed by atoms with Crippen LogP contribution in [0.15, 0.2) is 17.5 Å². The Labute approximate surface area is 180 Å². The molecule has 0 spiro atoms. The number of piperidine rings is 1. The maximum atomic E-state index is 12.7. The average molecular weight is 448 g/mol. The predicted molar refractivity (Wildman–Crippen MR) is 110 cm³/mol. The molecule has 0 aliphatic carbocycles. The van der Waals surface area contributed by atoms with Gasteiger partial charge in [-0.1, -0.05) is 17.7 Å². The molecule has 1 atom stereocenters. The second-order valence-electron chi connectivity index (χ2n) is 7.06. The van der Waals surface area contributed by atoms with Gasteiger partial charge in [0.05, 0.1) is 12.1 Å². The molecule has 4 heterocycles. The van der Waals surface area contributed by atoms with Gasteiger partial charge in [0.2, 0.25) is 11.8 Å². The number of carbonyl (C=O) groups excluding carboxylic acids is 4. The highest BCUT2D eigenvalue weighted by Gasteiger charge is 2.40. The van der Waals surface area contributed by atoms with Gasteiger partial charge in [-0.3, -0.25) is 25.0 Å². The molecule has 3 N–H and O–H groups in total. The van der Waals surface area contributed by atoms with Gasteiger partial charge in [-0.15, -0.1) is 11.3 Å². The summed E-state index contributed by atoms with van der Waals surface area (Å²) in [5, 5.41) is 9.69. The Morgan fingerprint density at radius 2 is 2.17 bits per heavy atom. The molecule has 0 radical (unpaired) electrons. The normalized spacial score (nSPS) is 18.3. The average Bonchev–Trinajstić information content (AvgIpc) is 3.23. The summed E-state index contributed by atoms with van der Waals surface area (Å²) in [5.74, 6) is -0.669. The Kier molecular flexibility index (Phi) is 5.44. The number of anilines is 1. The molecule has 4 rings (SSSR count). The fourth-order valence-electron chi connectivity index (χ4n) is 3.45. The van der Waals surface area contributed by atoms with Crippen molar-refractivity contribution in [3.63, 3.8) is 0 Å². The van der Waals surface area contributed by atoms with Crippen molar-refractivity contribution in [2.75, 3.05) is 5.32 Å². The molecule has 156 valence electrons. The molecule has 2 aromatic heterocycles. The lowest BCUT2D eigenvalue weighted by molar-refractivity contribution is -0.136. The van der Waals surface area contributed by atoms with Crippen LogP contribution in [0, 0.1) is 6.92 Å². The molecule has 11 heteroatoms. The molecule has 0 saturated carbocycles. The number of aryl methyl sites for hydroxylation is 1. The van der Waals surface area contributed by atoms with Crippen LogP contribution in [0.25, 0.3) is 0 Å². The summed E-state index contributed by atoms with van der Waals surface area (Å²) >= 11 is 7.34. The number of imide groups is 1. The van der Waals surface area contributed by atoms with E-state index in [0.717, 1.165) is 16.0 Å². The zero-order chi connectivity index (χ0) is 21.4. The number of hydrogen-bond donors (Lipinski definition) is 3. The number of fused-ring (bicyclic) bond motifs is 1. The van der Waals surface area contributed by atoms with Gasteiger partial charge in [0.1, 0.15) is 17.0 Å². The third kappa shape index (κ3) is 3.88. The molecule has 0 unspecified atom stereocenters. The number of aromatic nitrogens is 1. The Morgan fingerprint density at radius 3 is 2.90 bits per heavy atom. The van der Waals surface area contributed by atoms with Gasteiger partial charge >= 0.3 is 6.03 Å². The van der Waals surface area contributed by atoms with Gasteiger partial charge < -0.3 is 10.2 Å². The third-order valence-corrected chi connectivity index (χ3v) is 6.48. The Morgan fingerprint density at radius 1 is 1.37 bits per heavy atom. The van der Waals surface area contributed by atoms with Gasteiger partial charge in [0.25, 0.3) is 5.91 Å². The van der Waals surface area contributed by atoms with Crippen LogP contribution in [0.5, 0.6) is 0 Å². The highest BCUT2D eigenvalue weighted by atomic mass is 35.5. The number of nitrogens with zero attached hydrogens (tertiary/aromatic N) is 2. The Balaban J connectivity index is 1.39. The fourth-order valence-corrected chi connectivity index (χ4v) is 4.58. The molecule has 30 heavy (non-hydrogen) atoms. The van der Waals surface area contributed by atoms with Crippen molar-refractivity contribution in [3.05, 3.63) is 44.2 Å². The van der Waals surface area contributed by atoms with Crippen LogP contribution < -0.4 is 16.0 Å². The fraction of sp³-hybridized carbons (Fsp3) is 0.316. The van der Waals surface area contributed by atoms with E-state index in [4.69, 9.17) is 11.6 Å². The van der Waals surface area contributed by atoms with E-state index in [1.165, 1.54) is 16.2 Å². The molecule has 2 aliphatic rings. The van der Waals surface area contributed by atoms with Gasteiger partial charge in [0.15, 0.2) is 0 Å². The van der Waals surface area contributed by atoms with Crippen LogP contribution >= 0.6 is 22.9 Å². The molecular weight excluding hydrogens is 430 g/mol. The summed E-state index contributed by atoms with van der Waals surface area (Å²) in [6.07, 6.45) is 0.519. The van der Waals surface area contributed by atoms with Crippen LogP contribution in [0.1, 0.15) is 39.2 Å². The molecule has 0 bridgehead atoms. The zero-order valence-electron chi connectivity index (χ0n) is 16.0. The van der Waals surface area contributed by atoms with Crippen LogP contribution in [-0.4, -0.2) is 39.7 Å². The zero-order valence-corrected chi connectivity index (χ0v) is 17.5. The molecule has 2 aromatic rings. The monoisotopic (exact) mass is 447 g/mol. The number of halogens is 1. The van der Waals surface area contributed by atoms with Gasteiger partial charge in [-0.2, -0.15) is 0 Å². The number of pyridine rings is 1. The van der Waals surface area contributed by atoms with E-state index in [1.54, 1.807) is 17.5 Å². The van der Waals surface area contributed by atoms with Gasteiger partial charge in [-0.25, -0.2) is 9.78 Å². The largest absolute Gasteiger partial charge is 0.333 e. The summed E-state index contributed by atoms with van der Waals surface area (Å²) in [6.45, 7) is 2.32. The van der Waals surface area contributed by atoms with Crippen molar-refractivity contribution in [1.29, 1.82) is 0 Å². The Bertz CT molecular complexity index is 1070. The topological polar surface area (TPSA) is 120 Å². The summed E-state index contributed by atoms with van der Waals surface area (Å²) in [4.78, 5) is 54.8. The van der Waals surface area contributed by atoms with E-state index in [0.29, 0.717) is 23.0 Å². The molecule has 1 saturated heterocycles. The first kappa shape index (κ1) is 20.3. The van der Waals surface area contributed by atoms with E-state index >= 15 is 0 Å². The van der Waals surface area contributed by atoms with Crippen molar-refractivity contribution in [1.82, 2.24) is 20.5 Å². The predicted octanol–water partition coefficient (Wildman–Crippen LogP) is 2.19. The quantitative estimate of drug-likeness (QED) is 0.490. The van der Waals surface area contributed by atoms with Crippen molar-refractivity contribution >= 4 is 52.5 Å². The number of hydrogen-bond acceptors (Lipinski definition) is 6. The molecule has 9 nitrogen and oxygen atoms in total. The summed E-state index contributed by atoms with van der Waals surface area (Å²) in [7, 11) is 0. The van der Waals surface area contributed by atoms with Crippen molar-refractivity contribution < 1.29 is 19.2 Å². The SMILES string of the molecule is Cc1ccc(NC(=O)NCc2scc3c2CN([C@@H]2CCC(=O)NC2=O)C3=O)nc1Cl. The maximum Gasteiger partial charge on any atom is 0.320 e. The van der Waals surface area contributed by atoms with Crippen LogP contribution in [0.4, 0.5) is 10.6 Å². The minimum absolute atomic E-state index is 0.207. The van der Waals surface area contributed by atoms with Gasteiger partial charge in [0, 0.05) is 23.2 Å². The van der Waals surface area contributed by atoms with E-state index in [1.807, 2.05) is 6.92 Å². The number of amides is 5. The van der Waals surface area contributed by atoms with Crippen molar-refractivity contribution in [3.8, 4) is 0 Å². The standard InChI is InChI=1S/C19H18ClN5O4S/c1-9-2-4-14(22-16(9)20)23-19(29)21-6-13-10-7-25(18(28)11(10)8-30-13)12-3-5-15(26)24-17(12)27/h2,4,8,12H,3,5-7H2,1H3,(H,24,26,27)(H2,21,22,23,29)/t12-/m1/s1. The first-order valence-corrected chi connectivity index (χ1v) is 10.5. The summed E-state index contributed by atoms with van der Waals surface area (Å²) in [6, 6.07) is 2.30. The second-order valence-corrected chi connectivity index (χ2v) is 8.39. The lowest BCUT2D eigenvalue weighted by Crippen LogP contribution is -2.52. The second kappa shape index (κ2) is 8.04. The van der Waals surface area contributed by atoms with Crippen molar-refractivity contribution in [2.24, 2.45) is 0 Å². The van der Waals surface area contributed by atoms with Crippen LogP contribution in [0.3, 0.4) is 0 Å². The molecule has 5 amide bonds. The highest BCUT2D eigenvalue weighted by Crippen LogP contribution is 2.33. The van der Waals surface area contributed by atoms with Crippen LogP contribution in [0.2, 0.25) is 5.15 Å². The molecule has 1 fully saturated rings. The highest BCUT2D eigenvalue weighted by molar-refractivity contribution is 7.10. The van der Waals surface area contributed by atoms with Crippen LogP contribution in [-0.2, 0) is 22.7 Å². The first-order valence-electron chi connectivity index (χ1n) is 9.25. The minimum Gasteiger partial charge on any atom is -0.333 e. The number of urea groups is 1. The van der Waals surface area contributed by atoms with Crippen molar-refractivity contribution in [2.45, 2.75) is 38.9 Å². The number of thiophene rings is 1. The van der Waals surface area contributed by atoms with E-state index in [9.17, 15) is 19.2 Å². The maximum absolute atomic E-state index is 12.7. The van der Waals surface area contributed by atoms with E-state index in [2.05, 4.69) is 20.9 Å². The lowest BCUT2D eigenvalue weighted by Gasteiger charge is -2.29. The smallest absolute Gasteiger partial charge is 0.320 e. The Hall–Kier alpha value is -2.98. The number of rotatable bonds is 4. The molecule has 0 aromatic carbocycles. The molecule has 2 aliphatic heterocycles. The lowest BCUT2D eigenvalue weighted by atomic mass is 10.0. The number of nitrogens with one attached hydrogen (secondary N) is 3. The summed E-state index contributed by atoms with van der Waals surface area (Å²) < 4.78 is 0. The van der Waals surface area contributed by atoms with E-state index < -0.39 is 18.0 Å². The third-order valence-electron chi connectivity index (χ3n) is 5.07. The van der Waals surface area contributed by atoms with Gasteiger partial charge in [-0.05, 0) is 30.5 Å². The minimum atomic E-state index is -0.658.